The molecule has 1 N–H and O–H groups in total. The molecule has 0 aromatic carbocycles. The number of hydrogen-bond donors (Lipinski definition) is 1. The lowest BCUT2D eigenvalue weighted by atomic mass is 10.7. The van der Waals surface area contributed by atoms with Gasteiger partial charge < -0.3 is 5.32 Å². The van der Waals surface area contributed by atoms with Gasteiger partial charge in [0.2, 0.25) is 5.91 Å². The van der Waals surface area contributed by atoms with E-state index in [0.717, 1.165) is 0 Å². The van der Waals surface area contributed by atoms with Gasteiger partial charge in [-0.2, -0.15) is 11.8 Å². The highest BCUT2D eigenvalue weighted by Gasteiger charge is 1.92. The first-order chi connectivity index (χ1) is 4.81. The van der Waals surface area contributed by atoms with Crippen LogP contribution in [0.3, 0.4) is 0 Å². The van der Waals surface area contributed by atoms with Gasteiger partial charge in [0.25, 0.3) is 0 Å². The molecule has 0 unspecified atom stereocenters. The summed E-state index contributed by atoms with van der Waals surface area (Å²) in [5, 5.41) is 2.38. The minimum Gasteiger partial charge on any atom is -0.322 e. The van der Waals surface area contributed by atoms with Crippen LogP contribution in [0, 0.1) is 0 Å². The number of nitrogens with one attached hydrogen (secondary N) is 1. The smallest absolute Gasteiger partial charge is 0.234 e. The number of rotatable bonds is 3. The molecule has 0 aliphatic heterocycles. The zero-order valence-corrected chi connectivity index (χ0v) is 8.14. The Bertz CT molecular complexity index is 95.7. The average Bonchev–Trinajstić information content (AvgIpc) is 1.93. The molecule has 0 fully saturated rings. The fraction of sp³-hybridized carbons (Fsp3) is 0.667. The van der Waals surface area contributed by atoms with E-state index in [1.807, 2.05) is 20.1 Å². The quantitative estimate of drug-likeness (QED) is 0.665. The Kier molecular flexibility index (Phi) is 14.7. The van der Waals surface area contributed by atoms with Gasteiger partial charge in [-0.1, -0.05) is 26.1 Å². The fourth-order valence-corrected chi connectivity index (χ4v) is 0.715. The Morgan fingerprint density at radius 1 is 1.70 bits per heavy atom. The van der Waals surface area contributed by atoms with Crippen LogP contribution in [0.25, 0.3) is 0 Å². The minimum atomic E-state index is -0.0347. The van der Waals surface area contributed by atoms with E-state index in [2.05, 4.69) is 17.5 Å². The Balaban J connectivity index is 0. The maximum atomic E-state index is 10.4. The Morgan fingerprint density at radius 2 is 2.20 bits per heavy atom. The molecule has 0 spiro atoms. The van der Waals surface area contributed by atoms with Gasteiger partial charge in [-0.15, -0.1) is 0 Å². The third kappa shape index (κ3) is 10.8. The van der Waals surface area contributed by atoms with Crippen LogP contribution < -0.4 is 5.32 Å². The lowest BCUT2D eigenvalue weighted by Gasteiger charge is -1.91. The van der Waals surface area contributed by atoms with Crippen LogP contribution in [0.1, 0.15) is 13.8 Å². The summed E-state index contributed by atoms with van der Waals surface area (Å²) in [7, 11) is 0. The average molecular weight is 179 g/mol. The second-order valence-corrected chi connectivity index (χ2v) is 2.22. The van der Waals surface area contributed by atoms with Gasteiger partial charge in [0.05, 0.1) is 11.2 Å². The van der Waals surface area contributed by atoms with Crippen molar-refractivity contribution < 1.29 is 4.79 Å². The molecule has 60 valence electrons. The zero-order chi connectivity index (χ0) is 8.41. The largest absolute Gasteiger partial charge is 0.322 e. The number of thioether (sulfide) groups is 1. The molecule has 0 heterocycles. The monoisotopic (exact) mass is 179 g/mol. The van der Waals surface area contributed by atoms with Crippen LogP contribution in [0.4, 0.5) is 0 Å². The molecule has 0 atom stereocenters. The first kappa shape index (κ1) is 12.6. The molecule has 0 aromatic heterocycles. The molecule has 2 nitrogen and oxygen atoms in total. The second-order valence-electron chi connectivity index (χ2n) is 1.12. The van der Waals surface area contributed by atoms with Crippen molar-refractivity contribution in [1.29, 1.82) is 0 Å². The van der Waals surface area contributed by atoms with Crippen LogP contribution in [0.5, 0.6) is 0 Å². The van der Waals surface area contributed by atoms with Gasteiger partial charge in [-0.05, 0) is 6.26 Å². The van der Waals surface area contributed by atoms with Crippen molar-refractivity contribution in [2.75, 3.05) is 12.0 Å². The van der Waals surface area contributed by atoms with Gasteiger partial charge in [0.15, 0.2) is 0 Å². The van der Waals surface area contributed by atoms with E-state index in [-0.39, 0.29) is 5.91 Å². The van der Waals surface area contributed by atoms with Crippen molar-refractivity contribution in [3.63, 3.8) is 0 Å². The number of carbonyl (C=O) groups is 1. The van der Waals surface area contributed by atoms with Crippen LogP contribution >= 0.6 is 24.0 Å². The summed E-state index contributed by atoms with van der Waals surface area (Å²) in [5.74, 6) is 0.445. The molecule has 0 bridgehead atoms. The van der Waals surface area contributed by atoms with Crippen molar-refractivity contribution in [3.8, 4) is 0 Å². The minimum absolute atomic E-state index is 0.0347. The first-order valence-electron chi connectivity index (χ1n) is 3.03. The molecule has 0 aliphatic carbocycles. The normalized spacial score (nSPS) is 7.10. The molecule has 0 saturated carbocycles. The summed E-state index contributed by atoms with van der Waals surface area (Å²) < 4.78 is 0. The molecule has 1 amide bonds. The Labute approximate surface area is 71.8 Å². The number of carbonyl (C=O) groups excluding carboxylic acids is 1. The van der Waals surface area contributed by atoms with E-state index in [1.54, 1.807) is 0 Å². The van der Waals surface area contributed by atoms with Gasteiger partial charge in [-0.25, -0.2) is 0 Å². The van der Waals surface area contributed by atoms with Gasteiger partial charge in [0.1, 0.15) is 0 Å². The van der Waals surface area contributed by atoms with Crippen LogP contribution in [-0.2, 0) is 4.79 Å². The van der Waals surface area contributed by atoms with Gasteiger partial charge in [-0.3, -0.25) is 4.79 Å². The Hall–Kier alpha value is -0.0900. The predicted octanol–water partition coefficient (Wildman–Crippen LogP) is 1.45. The number of thiocarbonyl (C=S) groups is 1. The first-order valence-corrected chi connectivity index (χ1v) is 4.89. The van der Waals surface area contributed by atoms with E-state index in [4.69, 9.17) is 0 Å². The predicted molar refractivity (Wildman–Crippen MR) is 51.5 cm³/mol. The van der Waals surface area contributed by atoms with Crippen molar-refractivity contribution in [2.24, 2.45) is 0 Å². The third-order valence-electron chi connectivity index (χ3n) is 0.495. The molecule has 0 radical (unpaired) electrons. The molecule has 10 heavy (non-hydrogen) atoms. The van der Waals surface area contributed by atoms with E-state index < -0.39 is 0 Å². The summed E-state index contributed by atoms with van der Waals surface area (Å²) in [5.41, 5.74) is 1.22. The maximum absolute atomic E-state index is 10.4. The molecular weight excluding hydrogens is 166 g/mol. The second kappa shape index (κ2) is 11.7. The third-order valence-corrected chi connectivity index (χ3v) is 1.16. The maximum Gasteiger partial charge on any atom is 0.234 e. The summed E-state index contributed by atoms with van der Waals surface area (Å²) in [6, 6.07) is 0. The van der Waals surface area contributed by atoms with E-state index in [9.17, 15) is 4.79 Å². The summed E-state index contributed by atoms with van der Waals surface area (Å²) in [4.78, 5) is 10.4. The van der Waals surface area contributed by atoms with E-state index in [1.165, 1.54) is 17.3 Å². The zero-order valence-electron chi connectivity index (χ0n) is 6.51. The van der Waals surface area contributed by atoms with Gasteiger partial charge >= 0.3 is 0 Å². The molecule has 0 saturated heterocycles. The fourth-order valence-electron chi connectivity index (χ4n) is 0.238. The summed E-state index contributed by atoms with van der Waals surface area (Å²) in [6.07, 6.45) is 1.86. The van der Waals surface area contributed by atoms with Crippen molar-refractivity contribution in [2.45, 2.75) is 13.8 Å². The summed E-state index contributed by atoms with van der Waals surface area (Å²) in [6.45, 7) is 4.00. The van der Waals surface area contributed by atoms with Crippen LogP contribution in [0.15, 0.2) is 0 Å². The van der Waals surface area contributed by atoms with Crippen molar-refractivity contribution >= 4 is 35.4 Å². The SMILES string of the molecule is CC.CSCC(=O)NC=S. The molecule has 0 aromatic rings. The topological polar surface area (TPSA) is 29.1 Å². The highest BCUT2D eigenvalue weighted by atomic mass is 32.2. The lowest BCUT2D eigenvalue weighted by Crippen LogP contribution is -2.21. The molecule has 0 aliphatic rings. The molecular formula is C6H13NOS2. The van der Waals surface area contributed by atoms with Crippen LogP contribution in [-0.4, -0.2) is 23.4 Å². The Morgan fingerprint density at radius 3 is 2.50 bits per heavy atom. The summed E-state index contributed by atoms with van der Waals surface area (Å²) >= 11 is 5.85. The molecule has 0 rings (SSSR count). The van der Waals surface area contributed by atoms with Gasteiger partial charge in [0, 0.05) is 0 Å². The van der Waals surface area contributed by atoms with Crippen LogP contribution in [0.2, 0.25) is 0 Å². The van der Waals surface area contributed by atoms with Crippen molar-refractivity contribution in [3.05, 3.63) is 0 Å². The lowest BCUT2D eigenvalue weighted by molar-refractivity contribution is -0.117. The van der Waals surface area contributed by atoms with E-state index >= 15 is 0 Å². The highest BCUT2D eigenvalue weighted by Crippen LogP contribution is 1.87. The number of amides is 1. The standard InChI is InChI=1S/C4H7NOS2.C2H6/c1-8-2-4(6)5-3-7;1-2/h3H,2H2,1H3,(H,5,6,7);1-2H3. The van der Waals surface area contributed by atoms with E-state index in [0.29, 0.717) is 5.75 Å². The molecule has 4 heteroatoms. The number of hydrogen-bond acceptors (Lipinski definition) is 3. The van der Waals surface area contributed by atoms with Crippen molar-refractivity contribution in [1.82, 2.24) is 5.32 Å². The highest BCUT2D eigenvalue weighted by molar-refractivity contribution is 7.99.